The lowest BCUT2D eigenvalue weighted by molar-refractivity contribution is 0.0990. The van der Waals surface area contributed by atoms with Crippen molar-refractivity contribution in [3.05, 3.63) is 48.0 Å². The molecule has 1 aliphatic rings. The summed E-state index contributed by atoms with van der Waals surface area (Å²) in [6.45, 7) is -0.114. The van der Waals surface area contributed by atoms with E-state index in [0.717, 1.165) is 0 Å². The fourth-order valence-electron chi connectivity index (χ4n) is 3.43. The minimum atomic E-state index is -3.39. The number of ketones is 1. The number of carbonyl (C=O) groups excluding carboxylic acids is 1. The second-order valence-corrected chi connectivity index (χ2v) is 9.08. The van der Waals surface area contributed by atoms with Crippen LogP contribution in [0.2, 0.25) is 0 Å². The predicted octanol–water partition coefficient (Wildman–Crippen LogP) is 1.13. The number of nitrogen functional groups attached to an aromatic ring is 1. The van der Waals surface area contributed by atoms with Crippen LogP contribution >= 0.6 is 0 Å². The number of hydrogen-bond donors (Lipinski definition) is 2. The van der Waals surface area contributed by atoms with Crippen molar-refractivity contribution in [2.45, 2.75) is 12.1 Å². The highest BCUT2D eigenvalue weighted by Crippen LogP contribution is 2.29. The van der Waals surface area contributed by atoms with Crippen molar-refractivity contribution in [3.63, 3.8) is 0 Å². The van der Waals surface area contributed by atoms with Crippen LogP contribution in [0.3, 0.4) is 0 Å². The van der Waals surface area contributed by atoms with Crippen molar-refractivity contribution in [3.8, 4) is 11.5 Å². The fraction of sp³-hybridized carbons (Fsp3) is 0.350. The van der Waals surface area contributed by atoms with E-state index in [1.165, 1.54) is 14.2 Å². The molecule has 0 amide bonds. The number of Topliss-reactive ketones (excluding diaryl/α,β-unsaturated/α-hetero) is 1. The van der Waals surface area contributed by atoms with Gasteiger partial charge in [0.2, 0.25) is 0 Å². The van der Waals surface area contributed by atoms with E-state index >= 15 is 0 Å². The summed E-state index contributed by atoms with van der Waals surface area (Å²) in [5.41, 5.74) is 7.28. The number of nitrogens with two attached hydrogens (primary N) is 1. The van der Waals surface area contributed by atoms with Crippen molar-refractivity contribution in [2.75, 3.05) is 42.9 Å². The van der Waals surface area contributed by atoms with Gasteiger partial charge in [-0.1, -0.05) is 0 Å². The van der Waals surface area contributed by atoms with Gasteiger partial charge in [-0.25, -0.2) is 8.42 Å². The van der Waals surface area contributed by atoms with Crippen molar-refractivity contribution < 1.29 is 27.8 Å². The van der Waals surface area contributed by atoms with E-state index in [-0.39, 0.29) is 23.8 Å². The third-order valence-electron chi connectivity index (χ3n) is 4.94. The molecule has 1 saturated heterocycles. The topological polar surface area (TPSA) is 119 Å². The summed E-state index contributed by atoms with van der Waals surface area (Å²) in [6, 6.07) is 10.8. The Morgan fingerprint density at radius 3 is 2.31 bits per heavy atom. The largest absolute Gasteiger partial charge is 0.493 e. The Hall–Kier alpha value is -2.78. The highest BCUT2D eigenvalue weighted by molar-refractivity contribution is 7.91. The minimum Gasteiger partial charge on any atom is -0.493 e. The number of aliphatic hydroxyl groups excluding tert-OH is 1. The highest BCUT2D eigenvalue weighted by Gasteiger charge is 2.40. The van der Waals surface area contributed by atoms with Gasteiger partial charge in [-0.2, -0.15) is 0 Å². The Balaban J connectivity index is 1.93. The molecule has 1 heterocycles. The molecule has 9 heteroatoms. The van der Waals surface area contributed by atoms with Gasteiger partial charge in [-0.15, -0.1) is 0 Å². The molecule has 3 N–H and O–H groups in total. The Morgan fingerprint density at radius 2 is 1.76 bits per heavy atom. The summed E-state index contributed by atoms with van der Waals surface area (Å²) in [7, 11) is -0.407. The maximum absolute atomic E-state index is 13.0. The van der Waals surface area contributed by atoms with Crippen LogP contribution in [0.5, 0.6) is 11.5 Å². The molecule has 2 atom stereocenters. The molecule has 0 spiro atoms. The zero-order valence-electron chi connectivity index (χ0n) is 16.2. The lowest BCUT2D eigenvalue weighted by atomic mass is 10.1. The molecule has 0 unspecified atom stereocenters. The molecule has 0 saturated carbocycles. The Kier molecular flexibility index (Phi) is 5.99. The van der Waals surface area contributed by atoms with E-state index in [4.69, 9.17) is 15.2 Å². The third kappa shape index (κ3) is 4.63. The molecule has 2 aromatic carbocycles. The van der Waals surface area contributed by atoms with Gasteiger partial charge in [0.1, 0.15) is 0 Å². The van der Waals surface area contributed by atoms with E-state index in [0.29, 0.717) is 28.4 Å². The average Bonchev–Trinajstić information content (AvgIpc) is 2.98. The normalized spacial score (nSPS) is 20.2. The summed E-state index contributed by atoms with van der Waals surface area (Å²) < 4.78 is 34.5. The maximum Gasteiger partial charge on any atom is 0.182 e. The number of sulfone groups is 1. The van der Waals surface area contributed by atoms with Crippen LogP contribution in [-0.2, 0) is 9.84 Å². The molecule has 156 valence electrons. The van der Waals surface area contributed by atoms with Crippen LogP contribution in [-0.4, -0.2) is 63.7 Å². The smallest absolute Gasteiger partial charge is 0.182 e. The molecule has 2 aromatic rings. The summed E-state index contributed by atoms with van der Waals surface area (Å²) in [5.74, 6) is 0.114. The number of methoxy groups -OCH3 is 2. The first-order valence-corrected chi connectivity index (χ1v) is 10.8. The first-order chi connectivity index (χ1) is 13.7. The second kappa shape index (κ2) is 8.30. The second-order valence-electron chi connectivity index (χ2n) is 6.92. The third-order valence-corrected chi connectivity index (χ3v) is 6.64. The number of ether oxygens (including phenoxy) is 2. The number of anilines is 2. The molecular formula is C20H24N2O6S. The first-order valence-electron chi connectivity index (χ1n) is 9.00. The number of hydrogen-bond acceptors (Lipinski definition) is 8. The van der Waals surface area contributed by atoms with Gasteiger partial charge in [-0.3, -0.25) is 4.79 Å². The molecule has 8 nitrogen and oxygen atoms in total. The summed E-state index contributed by atoms with van der Waals surface area (Å²) in [4.78, 5) is 14.6. The van der Waals surface area contributed by atoms with Gasteiger partial charge in [0.05, 0.1) is 44.4 Å². The molecule has 0 aromatic heterocycles. The van der Waals surface area contributed by atoms with Crippen LogP contribution in [0, 0.1) is 0 Å². The quantitative estimate of drug-likeness (QED) is 0.505. The molecule has 0 bridgehead atoms. The van der Waals surface area contributed by atoms with Gasteiger partial charge in [-0.05, 0) is 42.5 Å². The Labute approximate surface area is 169 Å². The minimum absolute atomic E-state index is 0.114. The number of carbonyl (C=O) groups is 1. The summed E-state index contributed by atoms with van der Waals surface area (Å²) >= 11 is 0. The van der Waals surface area contributed by atoms with Crippen LogP contribution in [0.4, 0.5) is 11.4 Å². The van der Waals surface area contributed by atoms with E-state index in [2.05, 4.69) is 0 Å². The van der Waals surface area contributed by atoms with Crippen molar-refractivity contribution in [2.24, 2.45) is 0 Å². The number of aliphatic hydroxyl groups is 1. The van der Waals surface area contributed by atoms with Crippen molar-refractivity contribution in [1.29, 1.82) is 0 Å². The summed E-state index contributed by atoms with van der Waals surface area (Å²) in [5, 5.41) is 10.4. The number of nitrogens with zero attached hydrogens (tertiary/aromatic N) is 1. The van der Waals surface area contributed by atoms with Gasteiger partial charge in [0, 0.05) is 16.9 Å². The van der Waals surface area contributed by atoms with E-state index < -0.39 is 22.0 Å². The average molecular weight is 420 g/mol. The van der Waals surface area contributed by atoms with E-state index in [1.54, 1.807) is 47.4 Å². The van der Waals surface area contributed by atoms with Crippen molar-refractivity contribution in [1.82, 2.24) is 0 Å². The van der Waals surface area contributed by atoms with E-state index in [9.17, 15) is 18.3 Å². The molecular weight excluding hydrogens is 396 g/mol. The number of rotatable bonds is 7. The first kappa shape index (κ1) is 20.9. The standard InChI is InChI=1S/C20H24N2O6S/c1-27-19-8-3-13(9-20(19)28-2)17(23)10-22(15-6-4-14(21)5-7-15)16-11-29(25,26)12-18(16)24/h3-9,16,18,24H,10-12,21H2,1-2H3/t16-,18+/m1/s1. The molecule has 0 aliphatic carbocycles. The predicted molar refractivity (Wildman–Crippen MR) is 111 cm³/mol. The SMILES string of the molecule is COc1ccc(C(=O)CN(c2ccc(N)cc2)[C@@H]2CS(=O)(=O)C[C@@H]2O)cc1OC. The molecule has 0 radical (unpaired) electrons. The molecule has 1 fully saturated rings. The molecule has 29 heavy (non-hydrogen) atoms. The monoisotopic (exact) mass is 420 g/mol. The van der Waals surface area contributed by atoms with Gasteiger partial charge >= 0.3 is 0 Å². The zero-order valence-corrected chi connectivity index (χ0v) is 17.1. The Morgan fingerprint density at radius 1 is 1.10 bits per heavy atom. The maximum atomic E-state index is 13.0. The van der Waals surface area contributed by atoms with Crippen LogP contribution < -0.4 is 20.1 Å². The molecule has 1 aliphatic heterocycles. The van der Waals surface area contributed by atoms with E-state index in [1.807, 2.05) is 0 Å². The van der Waals surface area contributed by atoms with Crippen LogP contribution in [0.25, 0.3) is 0 Å². The van der Waals surface area contributed by atoms with Crippen molar-refractivity contribution >= 4 is 27.0 Å². The Bertz CT molecular complexity index is 991. The molecule has 3 rings (SSSR count). The zero-order chi connectivity index (χ0) is 21.2. The van der Waals surface area contributed by atoms with Gasteiger partial charge in [0.15, 0.2) is 27.1 Å². The lowest BCUT2D eigenvalue weighted by Crippen LogP contribution is -2.46. The van der Waals surface area contributed by atoms with Gasteiger partial charge in [0.25, 0.3) is 0 Å². The van der Waals surface area contributed by atoms with Crippen LogP contribution in [0.1, 0.15) is 10.4 Å². The summed E-state index contributed by atoms with van der Waals surface area (Å²) in [6.07, 6.45) is -1.09. The van der Waals surface area contributed by atoms with Gasteiger partial charge < -0.3 is 25.2 Å². The fourth-order valence-corrected chi connectivity index (χ4v) is 5.23. The highest BCUT2D eigenvalue weighted by atomic mass is 32.2. The number of benzene rings is 2. The van der Waals surface area contributed by atoms with Crippen LogP contribution in [0.15, 0.2) is 42.5 Å². The lowest BCUT2D eigenvalue weighted by Gasteiger charge is -2.32.